The van der Waals surface area contributed by atoms with Crippen molar-refractivity contribution in [3.8, 4) is 0 Å². The van der Waals surface area contributed by atoms with E-state index >= 15 is 0 Å². The lowest BCUT2D eigenvalue weighted by Gasteiger charge is -2.10. The molecule has 2 N–H and O–H groups in total. The highest BCUT2D eigenvalue weighted by Gasteiger charge is 2.23. The molecule has 1 heterocycles. The number of hydrogen-bond acceptors (Lipinski definition) is 4. The highest BCUT2D eigenvalue weighted by Crippen LogP contribution is 2.33. The SMILES string of the molecule is Cc1sc(C(=O)O)cc1S(=O)(=O)Nc1cccc(Cl)c1Br. The van der Waals surface area contributed by atoms with Crippen molar-refractivity contribution >= 4 is 60.5 Å². The first-order chi connectivity index (χ1) is 9.72. The Kier molecular flexibility index (Phi) is 4.62. The number of sulfonamides is 1. The number of rotatable bonds is 4. The van der Waals surface area contributed by atoms with E-state index in [4.69, 9.17) is 16.7 Å². The zero-order valence-electron chi connectivity index (χ0n) is 10.6. The van der Waals surface area contributed by atoms with Crippen LogP contribution in [-0.4, -0.2) is 19.5 Å². The van der Waals surface area contributed by atoms with Gasteiger partial charge in [-0.25, -0.2) is 13.2 Å². The van der Waals surface area contributed by atoms with Gasteiger partial charge in [0, 0.05) is 4.88 Å². The third-order valence-corrected chi connectivity index (χ3v) is 6.63. The van der Waals surface area contributed by atoms with E-state index in [-0.39, 0.29) is 15.5 Å². The molecule has 2 aromatic rings. The minimum absolute atomic E-state index is 0.0296. The van der Waals surface area contributed by atoms with Gasteiger partial charge in [0.2, 0.25) is 0 Å². The standard InChI is InChI=1S/C12H9BrClNO4S2/c1-6-10(5-9(20-6)12(16)17)21(18,19)15-8-4-2-3-7(14)11(8)13/h2-5,15H,1H3,(H,16,17). The lowest BCUT2D eigenvalue weighted by Crippen LogP contribution is -2.13. The van der Waals surface area contributed by atoms with Crippen molar-refractivity contribution < 1.29 is 18.3 Å². The summed E-state index contributed by atoms with van der Waals surface area (Å²) in [6.45, 7) is 1.55. The Balaban J connectivity index is 2.43. The lowest BCUT2D eigenvalue weighted by molar-refractivity contribution is 0.0702. The molecule has 0 unspecified atom stereocenters. The summed E-state index contributed by atoms with van der Waals surface area (Å²) in [6, 6.07) is 5.91. The number of thiophene rings is 1. The minimum atomic E-state index is -3.89. The van der Waals surface area contributed by atoms with Gasteiger partial charge in [-0.1, -0.05) is 17.7 Å². The molecule has 0 saturated heterocycles. The number of benzene rings is 1. The number of anilines is 1. The van der Waals surface area contributed by atoms with E-state index in [2.05, 4.69) is 20.7 Å². The summed E-state index contributed by atoms with van der Waals surface area (Å²) in [7, 11) is -3.89. The predicted octanol–water partition coefficient (Wildman–Crippen LogP) is 3.97. The molecular formula is C12H9BrClNO4S2. The third-order valence-electron chi connectivity index (χ3n) is 2.57. The maximum atomic E-state index is 12.4. The molecule has 5 nitrogen and oxygen atoms in total. The highest BCUT2D eigenvalue weighted by atomic mass is 79.9. The van der Waals surface area contributed by atoms with E-state index in [1.54, 1.807) is 25.1 Å². The van der Waals surface area contributed by atoms with E-state index in [1.807, 2.05) is 0 Å². The molecule has 1 aromatic carbocycles. The molecule has 0 spiro atoms. The molecule has 21 heavy (non-hydrogen) atoms. The predicted molar refractivity (Wildman–Crippen MR) is 86.0 cm³/mol. The molecule has 0 amide bonds. The summed E-state index contributed by atoms with van der Waals surface area (Å²) >= 11 is 10.0. The van der Waals surface area contributed by atoms with Crippen LogP contribution in [0.1, 0.15) is 14.5 Å². The number of aryl methyl sites for hydroxylation is 1. The van der Waals surface area contributed by atoms with Crippen LogP contribution in [0.4, 0.5) is 5.69 Å². The Bertz CT molecular complexity index is 817. The quantitative estimate of drug-likeness (QED) is 0.799. The molecular weight excluding hydrogens is 402 g/mol. The zero-order valence-corrected chi connectivity index (χ0v) is 14.5. The Morgan fingerprint density at radius 1 is 1.43 bits per heavy atom. The number of aromatic carboxylic acids is 1. The summed E-state index contributed by atoms with van der Waals surface area (Å²) in [4.78, 5) is 11.2. The largest absolute Gasteiger partial charge is 0.477 e. The first-order valence-corrected chi connectivity index (χ1v) is 9.00. The van der Waals surface area contributed by atoms with Crippen LogP contribution in [0, 0.1) is 6.92 Å². The van der Waals surface area contributed by atoms with Crippen molar-refractivity contribution in [3.05, 3.63) is 43.5 Å². The van der Waals surface area contributed by atoms with E-state index in [9.17, 15) is 13.2 Å². The second-order valence-corrected chi connectivity index (χ2v) is 8.15. The van der Waals surface area contributed by atoms with Gasteiger partial charge in [0.1, 0.15) is 9.77 Å². The smallest absolute Gasteiger partial charge is 0.345 e. The molecule has 0 aliphatic carbocycles. The first kappa shape index (κ1) is 16.3. The maximum Gasteiger partial charge on any atom is 0.345 e. The van der Waals surface area contributed by atoms with Crippen molar-refractivity contribution in [2.24, 2.45) is 0 Å². The van der Waals surface area contributed by atoms with Gasteiger partial charge in [-0.3, -0.25) is 4.72 Å². The monoisotopic (exact) mass is 409 g/mol. The molecule has 0 atom stereocenters. The molecule has 0 bridgehead atoms. The summed E-state index contributed by atoms with van der Waals surface area (Å²) in [6.07, 6.45) is 0. The van der Waals surface area contributed by atoms with Crippen LogP contribution in [0.5, 0.6) is 0 Å². The second kappa shape index (κ2) is 5.96. The average molecular weight is 411 g/mol. The lowest BCUT2D eigenvalue weighted by atomic mass is 10.3. The Hall–Kier alpha value is -1.09. The Morgan fingerprint density at radius 3 is 2.67 bits per heavy atom. The van der Waals surface area contributed by atoms with Crippen molar-refractivity contribution in [1.29, 1.82) is 0 Å². The van der Waals surface area contributed by atoms with Crippen LogP contribution < -0.4 is 4.72 Å². The summed E-state index contributed by atoms with van der Waals surface area (Å²) in [5.74, 6) is -1.16. The number of hydrogen-bond donors (Lipinski definition) is 2. The van der Waals surface area contributed by atoms with Crippen molar-refractivity contribution in [2.45, 2.75) is 11.8 Å². The maximum absolute atomic E-state index is 12.4. The Labute approximate surface area is 138 Å². The number of carboxylic acid groups (broad SMARTS) is 1. The van der Waals surface area contributed by atoms with Crippen LogP contribution in [0.25, 0.3) is 0 Å². The average Bonchev–Trinajstić information content (AvgIpc) is 2.78. The van der Waals surface area contributed by atoms with Gasteiger partial charge in [-0.05, 0) is 41.1 Å². The summed E-state index contributed by atoms with van der Waals surface area (Å²) in [5, 5.41) is 9.29. The van der Waals surface area contributed by atoms with Gasteiger partial charge < -0.3 is 5.11 Å². The number of carboxylic acids is 1. The van der Waals surface area contributed by atoms with Crippen LogP contribution in [0.2, 0.25) is 5.02 Å². The van der Waals surface area contributed by atoms with Gasteiger partial charge in [0.05, 0.1) is 15.2 Å². The van der Waals surface area contributed by atoms with E-state index in [0.29, 0.717) is 14.4 Å². The fourth-order valence-corrected chi connectivity index (χ4v) is 4.79. The molecule has 0 radical (unpaired) electrons. The van der Waals surface area contributed by atoms with Crippen molar-refractivity contribution in [3.63, 3.8) is 0 Å². The molecule has 0 aliphatic rings. The number of nitrogens with one attached hydrogen (secondary N) is 1. The van der Waals surface area contributed by atoms with Gasteiger partial charge in [0.15, 0.2) is 0 Å². The minimum Gasteiger partial charge on any atom is -0.477 e. The normalized spacial score (nSPS) is 11.4. The van der Waals surface area contributed by atoms with Gasteiger partial charge >= 0.3 is 5.97 Å². The molecule has 0 fully saturated rings. The van der Waals surface area contributed by atoms with Gasteiger partial charge in [-0.15, -0.1) is 11.3 Å². The number of carbonyl (C=O) groups is 1. The molecule has 2 rings (SSSR count). The zero-order chi connectivity index (χ0) is 15.8. The van der Waals surface area contributed by atoms with Crippen LogP contribution in [0.15, 0.2) is 33.6 Å². The van der Waals surface area contributed by atoms with Crippen LogP contribution in [0.3, 0.4) is 0 Å². The molecule has 0 saturated carbocycles. The van der Waals surface area contributed by atoms with E-state index in [0.717, 1.165) is 17.4 Å². The van der Waals surface area contributed by atoms with Crippen LogP contribution >= 0.6 is 38.9 Å². The topological polar surface area (TPSA) is 83.5 Å². The highest BCUT2D eigenvalue weighted by molar-refractivity contribution is 9.10. The second-order valence-electron chi connectivity index (χ2n) is 4.04. The Morgan fingerprint density at radius 2 is 2.10 bits per heavy atom. The van der Waals surface area contributed by atoms with Crippen molar-refractivity contribution in [2.75, 3.05) is 4.72 Å². The molecule has 9 heteroatoms. The van der Waals surface area contributed by atoms with E-state index < -0.39 is 16.0 Å². The first-order valence-electron chi connectivity index (χ1n) is 5.53. The summed E-state index contributed by atoms with van der Waals surface area (Å²) < 4.78 is 27.5. The molecule has 112 valence electrons. The fourth-order valence-electron chi connectivity index (χ4n) is 1.62. The van der Waals surface area contributed by atoms with E-state index in [1.165, 1.54) is 0 Å². The fraction of sp³-hybridized carbons (Fsp3) is 0.0833. The summed E-state index contributed by atoms with van der Waals surface area (Å²) in [5.41, 5.74) is 0.282. The van der Waals surface area contributed by atoms with Crippen molar-refractivity contribution in [1.82, 2.24) is 0 Å². The van der Waals surface area contributed by atoms with Gasteiger partial charge in [-0.2, -0.15) is 0 Å². The van der Waals surface area contributed by atoms with Gasteiger partial charge in [0.25, 0.3) is 10.0 Å². The molecule has 1 aromatic heterocycles. The third kappa shape index (κ3) is 3.39. The van der Waals surface area contributed by atoms with Crippen LogP contribution in [-0.2, 0) is 10.0 Å². The molecule has 0 aliphatic heterocycles. The number of halogens is 2.